The van der Waals surface area contributed by atoms with Gasteiger partial charge in [-0.15, -0.1) is 0 Å². The fourth-order valence-electron chi connectivity index (χ4n) is 2.22. The number of nitrogens with zero attached hydrogens (tertiary/aromatic N) is 1. The van der Waals surface area contributed by atoms with Crippen molar-refractivity contribution in [2.45, 2.75) is 12.5 Å². The predicted molar refractivity (Wildman–Crippen MR) is 71.5 cm³/mol. The molecule has 1 aliphatic heterocycles. The summed E-state index contributed by atoms with van der Waals surface area (Å²) in [4.78, 5) is 0. The Morgan fingerprint density at radius 3 is 2.58 bits per heavy atom. The third-order valence-corrected chi connectivity index (χ3v) is 3.24. The summed E-state index contributed by atoms with van der Waals surface area (Å²) in [6.45, 7) is 0. The molecule has 4 heteroatoms. The van der Waals surface area contributed by atoms with Crippen molar-refractivity contribution in [1.82, 2.24) is 5.43 Å². The number of phenols is 1. The maximum atomic E-state index is 12.9. The van der Waals surface area contributed by atoms with Crippen molar-refractivity contribution in [3.05, 3.63) is 65.5 Å². The monoisotopic (exact) mass is 256 g/mol. The van der Waals surface area contributed by atoms with Gasteiger partial charge in [0.05, 0.1) is 11.8 Å². The lowest BCUT2D eigenvalue weighted by Crippen LogP contribution is -2.09. The molecule has 0 aliphatic carbocycles. The van der Waals surface area contributed by atoms with Crippen molar-refractivity contribution in [1.29, 1.82) is 0 Å². The van der Waals surface area contributed by atoms with Gasteiger partial charge in [-0.3, -0.25) is 0 Å². The van der Waals surface area contributed by atoms with Crippen LogP contribution in [-0.2, 0) is 0 Å². The summed E-state index contributed by atoms with van der Waals surface area (Å²) in [5.74, 6) is -0.0219. The zero-order valence-corrected chi connectivity index (χ0v) is 10.2. The smallest absolute Gasteiger partial charge is 0.124 e. The molecule has 2 aromatic rings. The number of halogens is 1. The van der Waals surface area contributed by atoms with Crippen molar-refractivity contribution in [2.75, 3.05) is 0 Å². The van der Waals surface area contributed by atoms with Gasteiger partial charge in [0.15, 0.2) is 0 Å². The van der Waals surface area contributed by atoms with E-state index >= 15 is 0 Å². The van der Waals surface area contributed by atoms with Crippen molar-refractivity contribution in [3.63, 3.8) is 0 Å². The van der Waals surface area contributed by atoms with Gasteiger partial charge in [-0.1, -0.05) is 24.3 Å². The Kier molecular flexibility index (Phi) is 2.91. The lowest BCUT2D eigenvalue weighted by molar-refractivity contribution is 0.474. The van der Waals surface area contributed by atoms with E-state index in [0.29, 0.717) is 6.42 Å². The highest BCUT2D eigenvalue weighted by Crippen LogP contribution is 2.27. The first-order chi connectivity index (χ1) is 9.24. The summed E-state index contributed by atoms with van der Waals surface area (Å²) in [6, 6.07) is 13.5. The van der Waals surface area contributed by atoms with Gasteiger partial charge < -0.3 is 10.5 Å². The Hall–Kier alpha value is -2.36. The summed E-state index contributed by atoms with van der Waals surface area (Å²) < 4.78 is 12.9. The predicted octanol–water partition coefficient (Wildman–Crippen LogP) is 2.97. The summed E-state index contributed by atoms with van der Waals surface area (Å²) in [5.41, 5.74) is 5.55. The minimum absolute atomic E-state index is 0.0233. The van der Waals surface area contributed by atoms with E-state index in [-0.39, 0.29) is 17.6 Å². The molecule has 1 aliphatic rings. The van der Waals surface area contributed by atoms with E-state index in [1.54, 1.807) is 24.3 Å². The van der Waals surface area contributed by atoms with Crippen molar-refractivity contribution >= 4 is 5.71 Å². The summed E-state index contributed by atoms with van der Waals surface area (Å²) in [7, 11) is 0. The van der Waals surface area contributed by atoms with Gasteiger partial charge in [-0.05, 0) is 29.8 Å². The van der Waals surface area contributed by atoms with Crippen LogP contribution in [0.4, 0.5) is 4.39 Å². The molecular weight excluding hydrogens is 243 g/mol. The lowest BCUT2D eigenvalue weighted by atomic mass is 9.99. The minimum atomic E-state index is -0.247. The highest BCUT2D eigenvalue weighted by molar-refractivity contribution is 6.03. The summed E-state index contributed by atoms with van der Waals surface area (Å²) in [5, 5.41) is 14.1. The van der Waals surface area contributed by atoms with Crippen molar-refractivity contribution in [2.24, 2.45) is 5.10 Å². The second kappa shape index (κ2) is 4.72. The number of rotatable bonds is 2. The first-order valence-corrected chi connectivity index (χ1v) is 6.10. The average molecular weight is 256 g/mol. The van der Waals surface area contributed by atoms with Gasteiger partial charge >= 0.3 is 0 Å². The SMILES string of the molecule is Oc1ccccc1C1=NN[C@@H](c2ccc(F)cc2)C1. The molecular formula is C15H13FN2O. The van der Waals surface area contributed by atoms with Crippen molar-refractivity contribution in [3.8, 4) is 5.75 Å². The largest absolute Gasteiger partial charge is 0.507 e. The molecule has 2 N–H and O–H groups in total. The molecule has 0 bridgehead atoms. The Bertz CT molecular complexity index is 622. The molecule has 0 unspecified atom stereocenters. The molecule has 19 heavy (non-hydrogen) atoms. The minimum Gasteiger partial charge on any atom is -0.507 e. The third-order valence-electron chi connectivity index (χ3n) is 3.24. The molecule has 96 valence electrons. The van der Waals surface area contributed by atoms with E-state index in [1.807, 2.05) is 12.1 Å². The average Bonchev–Trinajstić information content (AvgIpc) is 2.89. The highest BCUT2D eigenvalue weighted by atomic mass is 19.1. The number of phenolic OH excluding ortho intramolecular Hbond substituents is 1. The number of nitrogens with one attached hydrogen (secondary N) is 1. The zero-order valence-electron chi connectivity index (χ0n) is 10.2. The van der Waals surface area contributed by atoms with Crippen LogP contribution in [-0.4, -0.2) is 10.8 Å². The molecule has 0 saturated heterocycles. The summed E-state index contributed by atoms with van der Waals surface area (Å²) >= 11 is 0. The Labute approximate surface area is 110 Å². The maximum absolute atomic E-state index is 12.9. The first kappa shape index (κ1) is 11.7. The molecule has 0 saturated carbocycles. The standard InChI is InChI=1S/C15H13FN2O/c16-11-7-5-10(6-8-11)13-9-14(18-17-13)12-3-1-2-4-15(12)19/h1-8,13,17,19H,9H2/t13-/m1/s1. The van der Waals surface area contributed by atoms with Gasteiger partial charge in [0, 0.05) is 12.0 Å². The van der Waals surface area contributed by atoms with Gasteiger partial charge in [-0.25, -0.2) is 4.39 Å². The number of para-hydroxylation sites is 1. The highest BCUT2D eigenvalue weighted by Gasteiger charge is 2.22. The van der Waals surface area contributed by atoms with Crippen LogP contribution in [0.2, 0.25) is 0 Å². The fourth-order valence-corrected chi connectivity index (χ4v) is 2.22. The van der Waals surface area contributed by atoms with Crippen LogP contribution < -0.4 is 5.43 Å². The number of benzene rings is 2. The molecule has 1 atom stereocenters. The zero-order chi connectivity index (χ0) is 13.2. The summed E-state index contributed by atoms with van der Waals surface area (Å²) in [6.07, 6.45) is 0.670. The van der Waals surface area contributed by atoms with Crippen LogP contribution in [0.5, 0.6) is 5.75 Å². The number of hydrogen-bond acceptors (Lipinski definition) is 3. The molecule has 3 rings (SSSR count). The molecule has 1 heterocycles. The van der Waals surface area contributed by atoms with Crippen LogP contribution in [0.25, 0.3) is 0 Å². The fraction of sp³-hybridized carbons (Fsp3) is 0.133. The Balaban J connectivity index is 1.80. The Morgan fingerprint density at radius 2 is 1.84 bits per heavy atom. The lowest BCUT2D eigenvalue weighted by Gasteiger charge is -2.10. The molecule has 0 fully saturated rings. The van der Waals surface area contributed by atoms with E-state index in [1.165, 1.54) is 12.1 Å². The topological polar surface area (TPSA) is 44.6 Å². The van der Waals surface area contributed by atoms with Gasteiger partial charge in [0.1, 0.15) is 11.6 Å². The van der Waals surface area contributed by atoms with Crippen LogP contribution in [0, 0.1) is 5.82 Å². The van der Waals surface area contributed by atoms with Crippen LogP contribution in [0.3, 0.4) is 0 Å². The van der Waals surface area contributed by atoms with Crippen LogP contribution >= 0.6 is 0 Å². The first-order valence-electron chi connectivity index (χ1n) is 6.10. The quantitative estimate of drug-likeness (QED) is 0.867. The van der Waals surface area contributed by atoms with Crippen LogP contribution in [0.15, 0.2) is 53.6 Å². The number of aromatic hydroxyl groups is 1. The molecule has 0 radical (unpaired) electrons. The number of hydrogen-bond donors (Lipinski definition) is 2. The Morgan fingerprint density at radius 1 is 1.11 bits per heavy atom. The number of hydrazone groups is 1. The molecule has 2 aromatic carbocycles. The second-order valence-corrected chi connectivity index (χ2v) is 4.51. The second-order valence-electron chi connectivity index (χ2n) is 4.51. The van der Waals surface area contributed by atoms with Crippen molar-refractivity contribution < 1.29 is 9.50 Å². The maximum Gasteiger partial charge on any atom is 0.124 e. The molecule has 3 nitrogen and oxygen atoms in total. The van der Waals surface area contributed by atoms with E-state index in [2.05, 4.69) is 10.5 Å². The van der Waals surface area contributed by atoms with Crippen LogP contribution in [0.1, 0.15) is 23.6 Å². The van der Waals surface area contributed by atoms with E-state index < -0.39 is 0 Å². The molecule has 0 amide bonds. The van der Waals surface area contributed by atoms with E-state index in [0.717, 1.165) is 16.8 Å². The van der Waals surface area contributed by atoms with E-state index in [4.69, 9.17) is 0 Å². The van der Waals surface area contributed by atoms with E-state index in [9.17, 15) is 9.50 Å². The van der Waals surface area contributed by atoms with Gasteiger partial charge in [0.25, 0.3) is 0 Å². The normalized spacial score (nSPS) is 17.9. The molecule has 0 spiro atoms. The van der Waals surface area contributed by atoms with Gasteiger partial charge in [0.2, 0.25) is 0 Å². The third kappa shape index (κ3) is 2.29. The molecule has 0 aromatic heterocycles. The van der Waals surface area contributed by atoms with Gasteiger partial charge in [-0.2, -0.15) is 5.10 Å².